The van der Waals surface area contributed by atoms with Gasteiger partial charge in [0.25, 0.3) is 0 Å². The van der Waals surface area contributed by atoms with Gasteiger partial charge >= 0.3 is 0 Å². The Bertz CT molecular complexity index is 218. The molecule has 94 valence electrons. The van der Waals surface area contributed by atoms with Crippen LogP contribution in [0.15, 0.2) is 0 Å². The van der Waals surface area contributed by atoms with Crippen molar-refractivity contribution in [1.82, 2.24) is 10.2 Å². The smallest absolute Gasteiger partial charge is 0.225 e. The number of nitrogens with zero attached hydrogens (tertiary/aromatic N) is 1. The number of carbonyl (C=O) groups is 1. The van der Waals surface area contributed by atoms with Crippen LogP contribution in [0.4, 0.5) is 0 Å². The number of hydrogen-bond acceptors (Lipinski definition) is 2. The molecule has 1 aliphatic rings. The molecule has 1 heterocycles. The lowest BCUT2D eigenvalue weighted by atomic mass is 9.97. The number of piperazine rings is 1. The van der Waals surface area contributed by atoms with Gasteiger partial charge in [-0.3, -0.25) is 4.79 Å². The molecule has 1 aliphatic heterocycles. The zero-order valence-electron chi connectivity index (χ0n) is 11.0. The van der Waals surface area contributed by atoms with Crippen LogP contribution < -0.4 is 5.32 Å². The van der Waals surface area contributed by atoms with E-state index in [0.717, 1.165) is 32.5 Å². The molecule has 1 fully saturated rings. The predicted molar refractivity (Wildman–Crippen MR) is 67.4 cm³/mol. The van der Waals surface area contributed by atoms with Crippen LogP contribution in [-0.4, -0.2) is 36.5 Å². The van der Waals surface area contributed by atoms with Gasteiger partial charge in [-0.05, 0) is 19.8 Å². The van der Waals surface area contributed by atoms with Crippen molar-refractivity contribution in [2.45, 2.75) is 52.5 Å². The van der Waals surface area contributed by atoms with E-state index >= 15 is 0 Å². The van der Waals surface area contributed by atoms with Crippen LogP contribution in [-0.2, 0) is 4.79 Å². The maximum absolute atomic E-state index is 12.3. The molecule has 16 heavy (non-hydrogen) atoms. The van der Waals surface area contributed by atoms with E-state index in [4.69, 9.17) is 0 Å². The highest BCUT2D eigenvalue weighted by Crippen LogP contribution is 2.16. The molecule has 0 aromatic carbocycles. The van der Waals surface area contributed by atoms with E-state index < -0.39 is 0 Å². The third kappa shape index (κ3) is 3.78. The quantitative estimate of drug-likeness (QED) is 0.778. The molecule has 1 amide bonds. The molecular formula is C13H26N2O. The Balaban J connectivity index is 2.46. The second kappa shape index (κ2) is 6.89. The van der Waals surface area contributed by atoms with E-state index in [0.29, 0.717) is 11.9 Å². The first-order valence-corrected chi connectivity index (χ1v) is 6.71. The van der Waals surface area contributed by atoms with Crippen molar-refractivity contribution in [2.75, 3.05) is 19.6 Å². The summed E-state index contributed by atoms with van der Waals surface area (Å²) in [5.74, 6) is 0.634. The van der Waals surface area contributed by atoms with E-state index in [2.05, 4.69) is 26.1 Å². The van der Waals surface area contributed by atoms with Gasteiger partial charge in [0, 0.05) is 31.6 Å². The molecule has 2 unspecified atom stereocenters. The first-order valence-electron chi connectivity index (χ1n) is 6.71. The first kappa shape index (κ1) is 13.5. The SMILES string of the molecule is CCCCC(CC)C(=O)N1CCNC(C)C1. The van der Waals surface area contributed by atoms with Crippen molar-refractivity contribution in [3.63, 3.8) is 0 Å². The molecule has 3 heteroatoms. The fraction of sp³-hybridized carbons (Fsp3) is 0.923. The minimum absolute atomic E-state index is 0.255. The minimum atomic E-state index is 0.255. The lowest BCUT2D eigenvalue weighted by Gasteiger charge is -2.34. The summed E-state index contributed by atoms with van der Waals surface area (Å²) in [4.78, 5) is 14.3. The zero-order valence-corrected chi connectivity index (χ0v) is 11.0. The largest absolute Gasteiger partial charge is 0.340 e. The number of hydrogen-bond donors (Lipinski definition) is 1. The van der Waals surface area contributed by atoms with Crippen LogP contribution in [0.3, 0.4) is 0 Å². The first-order chi connectivity index (χ1) is 7.69. The average molecular weight is 226 g/mol. The molecule has 3 nitrogen and oxygen atoms in total. The highest BCUT2D eigenvalue weighted by Gasteiger charge is 2.25. The normalized spacial score (nSPS) is 23.2. The van der Waals surface area contributed by atoms with Crippen molar-refractivity contribution in [2.24, 2.45) is 5.92 Å². The van der Waals surface area contributed by atoms with E-state index in [-0.39, 0.29) is 5.92 Å². The predicted octanol–water partition coefficient (Wildman–Crippen LogP) is 2.02. The van der Waals surface area contributed by atoms with Gasteiger partial charge < -0.3 is 10.2 Å². The Hall–Kier alpha value is -0.570. The van der Waals surface area contributed by atoms with Gasteiger partial charge in [-0.15, -0.1) is 0 Å². The second-order valence-corrected chi connectivity index (χ2v) is 4.89. The number of nitrogens with one attached hydrogen (secondary N) is 1. The summed E-state index contributed by atoms with van der Waals surface area (Å²) in [6, 6.07) is 0.446. The van der Waals surface area contributed by atoms with E-state index in [1.54, 1.807) is 0 Å². The van der Waals surface area contributed by atoms with E-state index in [9.17, 15) is 4.79 Å². The van der Waals surface area contributed by atoms with Gasteiger partial charge in [-0.2, -0.15) is 0 Å². The number of carbonyl (C=O) groups excluding carboxylic acids is 1. The highest BCUT2D eigenvalue weighted by atomic mass is 16.2. The van der Waals surface area contributed by atoms with Gasteiger partial charge in [0.15, 0.2) is 0 Å². The van der Waals surface area contributed by atoms with Gasteiger partial charge in [-0.1, -0.05) is 26.7 Å². The van der Waals surface area contributed by atoms with Crippen molar-refractivity contribution in [1.29, 1.82) is 0 Å². The Kier molecular flexibility index (Phi) is 5.81. The zero-order chi connectivity index (χ0) is 12.0. The van der Waals surface area contributed by atoms with Gasteiger partial charge in [0.2, 0.25) is 5.91 Å². The van der Waals surface area contributed by atoms with Crippen LogP contribution in [0.25, 0.3) is 0 Å². The Morgan fingerprint density at radius 3 is 2.81 bits per heavy atom. The van der Waals surface area contributed by atoms with Crippen molar-refractivity contribution >= 4 is 5.91 Å². The summed E-state index contributed by atoms with van der Waals surface area (Å²) in [5.41, 5.74) is 0. The topological polar surface area (TPSA) is 32.3 Å². The molecule has 1 rings (SSSR count). The van der Waals surface area contributed by atoms with Gasteiger partial charge in [-0.25, -0.2) is 0 Å². The van der Waals surface area contributed by atoms with Crippen LogP contribution >= 0.6 is 0 Å². The molecule has 0 aromatic heterocycles. The van der Waals surface area contributed by atoms with Crippen molar-refractivity contribution in [3.05, 3.63) is 0 Å². The summed E-state index contributed by atoms with van der Waals surface area (Å²) in [6.07, 6.45) is 4.40. The van der Waals surface area contributed by atoms with Gasteiger partial charge in [0.1, 0.15) is 0 Å². The Labute approximate surface area is 99.6 Å². The molecule has 0 aromatic rings. The lowest BCUT2D eigenvalue weighted by Crippen LogP contribution is -2.52. The number of amides is 1. The standard InChI is InChI=1S/C13H26N2O/c1-4-6-7-12(5-2)13(16)15-9-8-14-11(3)10-15/h11-12,14H,4-10H2,1-3H3. The molecule has 0 spiro atoms. The molecule has 0 aliphatic carbocycles. The van der Waals surface area contributed by atoms with Crippen LogP contribution in [0.1, 0.15) is 46.5 Å². The molecule has 0 radical (unpaired) electrons. The third-order valence-corrected chi connectivity index (χ3v) is 3.43. The maximum Gasteiger partial charge on any atom is 0.225 e. The summed E-state index contributed by atoms with van der Waals surface area (Å²) in [5, 5.41) is 3.37. The summed E-state index contributed by atoms with van der Waals surface area (Å²) < 4.78 is 0. The van der Waals surface area contributed by atoms with Gasteiger partial charge in [0.05, 0.1) is 0 Å². The van der Waals surface area contributed by atoms with E-state index in [1.807, 2.05) is 4.90 Å². The summed E-state index contributed by atoms with van der Waals surface area (Å²) in [6.45, 7) is 9.16. The average Bonchev–Trinajstić information content (AvgIpc) is 2.29. The molecule has 2 atom stereocenters. The molecular weight excluding hydrogens is 200 g/mol. The lowest BCUT2D eigenvalue weighted by molar-refractivity contribution is -0.137. The number of unbranched alkanes of at least 4 members (excludes halogenated alkanes) is 1. The molecule has 1 saturated heterocycles. The molecule has 0 bridgehead atoms. The van der Waals surface area contributed by atoms with Crippen LogP contribution in [0, 0.1) is 5.92 Å². The fourth-order valence-electron chi connectivity index (χ4n) is 2.34. The van der Waals surface area contributed by atoms with Crippen LogP contribution in [0.5, 0.6) is 0 Å². The van der Waals surface area contributed by atoms with Crippen molar-refractivity contribution < 1.29 is 4.79 Å². The fourth-order valence-corrected chi connectivity index (χ4v) is 2.34. The Morgan fingerprint density at radius 1 is 1.50 bits per heavy atom. The van der Waals surface area contributed by atoms with Crippen molar-refractivity contribution in [3.8, 4) is 0 Å². The summed E-state index contributed by atoms with van der Waals surface area (Å²) in [7, 11) is 0. The van der Waals surface area contributed by atoms with Crippen LogP contribution in [0.2, 0.25) is 0 Å². The monoisotopic (exact) mass is 226 g/mol. The minimum Gasteiger partial charge on any atom is -0.340 e. The summed E-state index contributed by atoms with van der Waals surface area (Å²) >= 11 is 0. The second-order valence-electron chi connectivity index (χ2n) is 4.89. The van der Waals surface area contributed by atoms with E-state index in [1.165, 1.54) is 12.8 Å². The third-order valence-electron chi connectivity index (χ3n) is 3.43. The molecule has 1 N–H and O–H groups in total. The highest BCUT2D eigenvalue weighted by molar-refractivity contribution is 5.79. The maximum atomic E-state index is 12.3. The Morgan fingerprint density at radius 2 is 2.25 bits per heavy atom. The molecule has 0 saturated carbocycles. The number of rotatable bonds is 5.